The van der Waals surface area contributed by atoms with E-state index >= 15 is 0 Å². The van der Waals surface area contributed by atoms with Gasteiger partial charge >= 0.3 is 0 Å². The molecule has 3 heterocycles. The number of amides is 2. The second kappa shape index (κ2) is 9.59. The summed E-state index contributed by atoms with van der Waals surface area (Å²) in [4.78, 5) is 34.2. The molecular weight excluding hydrogens is 430 g/mol. The lowest BCUT2D eigenvalue weighted by atomic mass is 9.89. The van der Waals surface area contributed by atoms with Crippen LogP contribution in [0.4, 0.5) is 0 Å². The van der Waals surface area contributed by atoms with Gasteiger partial charge in [0.15, 0.2) is 0 Å². The van der Waals surface area contributed by atoms with Crippen LogP contribution in [0.15, 0.2) is 35.7 Å². The van der Waals surface area contributed by atoms with Crippen molar-refractivity contribution in [2.24, 2.45) is 5.41 Å². The number of nitrogens with zero attached hydrogens (tertiary/aromatic N) is 3. The van der Waals surface area contributed by atoms with E-state index in [2.05, 4.69) is 54.5 Å². The highest BCUT2D eigenvalue weighted by atomic mass is 32.1. The molecule has 4 rings (SSSR count). The number of rotatable bonds is 3. The Morgan fingerprint density at radius 1 is 0.970 bits per heavy atom. The zero-order chi connectivity index (χ0) is 23.8. The lowest BCUT2D eigenvalue weighted by Crippen LogP contribution is -2.51. The first kappa shape index (κ1) is 24.0. The normalized spacial score (nSPS) is 20.8. The molecule has 0 spiro atoms. The van der Waals surface area contributed by atoms with Crippen LogP contribution in [-0.4, -0.2) is 65.3 Å². The van der Waals surface area contributed by atoms with Crippen molar-refractivity contribution in [2.45, 2.75) is 59.5 Å². The van der Waals surface area contributed by atoms with Crippen molar-refractivity contribution in [3.63, 3.8) is 0 Å². The van der Waals surface area contributed by atoms with Crippen LogP contribution >= 0.6 is 11.3 Å². The first-order valence-corrected chi connectivity index (χ1v) is 13.0. The molecule has 5 nitrogen and oxygen atoms in total. The van der Waals surface area contributed by atoms with Crippen molar-refractivity contribution in [1.82, 2.24) is 14.7 Å². The number of fused-ring (bicyclic) bond motifs is 1. The van der Waals surface area contributed by atoms with Crippen LogP contribution in [0, 0.1) is 12.3 Å². The van der Waals surface area contributed by atoms with E-state index < -0.39 is 0 Å². The second-order valence-corrected chi connectivity index (χ2v) is 11.4. The molecule has 0 unspecified atom stereocenters. The quantitative estimate of drug-likeness (QED) is 0.668. The fourth-order valence-electron chi connectivity index (χ4n) is 5.21. The van der Waals surface area contributed by atoms with Gasteiger partial charge in [-0.05, 0) is 54.8 Å². The molecule has 2 aliphatic rings. The summed E-state index contributed by atoms with van der Waals surface area (Å²) in [5.41, 5.74) is 3.50. The predicted molar refractivity (Wildman–Crippen MR) is 134 cm³/mol. The molecule has 0 bridgehead atoms. The van der Waals surface area contributed by atoms with Gasteiger partial charge in [0, 0.05) is 43.0 Å². The third-order valence-electron chi connectivity index (χ3n) is 7.08. The zero-order valence-electron chi connectivity index (χ0n) is 20.6. The topological polar surface area (TPSA) is 43.9 Å². The number of carbonyl (C=O) groups excluding carboxylic acids is 2. The molecule has 2 atom stereocenters. The molecule has 1 aromatic carbocycles. The van der Waals surface area contributed by atoms with E-state index in [1.807, 2.05) is 41.9 Å². The molecule has 178 valence electrons. The highest BCUT2D eigenvalue weighted by Gasteiger charge is 2.38. The predicted octanol–water partition coefficient (Wildman–Crippen LogP) is 4.50. The van der Waals surface area contributed by atoms with Gasteiger partial charge in [-0.2, -0.15) is 0 Å². The van der Waals surface area contributed by atoms with Gasteiger partial charge in [-0.1, -0.05) is 45.0 Å². The fraction of sp³-hybridized carbons (Fsp3) is 0.556. The molecule has 1 aromatic heterocycles. The summed E-state index contributed by atoms with van der Waals surface area (Å²) in [7, 11) is 0. The van der Waals surface area contributed by atoms with Crippen molar-refractivity contribution >= 4 is 23.2 Å². The average molecular weight is 468 g/mol. The maximum atomic E-state index is 13.7. The Bertz CT molecular complexity index is 1010. The smallest absolute Gasteiger partial charge is 0.239 e. The third kappa shape index (κ3) is 4.87. The molecule has 1 fully saturated rings. The van der Waals surface area contributed by atoms with E-state index in [-0.39, 0.29) is 29.3 Å². The Kier molecular flexibility index (Phi) is 6.96. The van der Waals surface area contributed by atoms with Gasteiger partial charge in [0.1, 0.15) is 0 Å². The van der Waals surface area contributed by atoms with Gasteiger partial charge in [0.2, 0.25) is 11.8 Å². The van der Waals surface area contributed by atoms with Crippen LogP contribution in [0.1, 0.15) is 61.7 Å². The number of carbonyl (C=O) groups is 2. The summed E-state index contributed by atoms with van der Waals surface area (Å²) in [6.45, 7) is 13.7. The van der Waals surface area contributed by atoms with Gasteiger partial charge in [-0.15, -0.1) is 11.3 Å². The molecule has 33 heavy (non-hydrogen) atoms. The molecule has 6 heteroatoms. The van der Waals surface area contributed by atoms with E-state index in [1.54, 1.807) is 0 Å². The van der Waals surface area contributed by atoms with Gasteiger partial charge in [-0.25, -0.2) is 0 Å². The molecule has 0 saturated carbocycles. The monoisotopic (exact) mass is 467 g/mol. The Morgan fingerprint density at radius 2 is 1.67 bits per heavy atom. The highest BCUT2D eigenvalue weighted by Crippen LogP contribution is 2.40. The lowest BCUT2D eigenvalue weighted by Gasteiger charge is -2.41. The van der Waals surface area contributed by atoms with Crippen molar-refractivity contribution in [1.29, 1.82) is 0 Å². The van der Waals surface area contributed by atoms with Crippen molar-refractivity contribution in [3.8, 4) is 0 Å². The minimum absolute atomic E-state index is 0.103. The molecular formula is C27H37N3O2S. The van der Waals surface area contributed by atoms with Crippen LogP contribution in [-0.2, 0) is 16.0 Å². The summed E-state index contributed by atoms with van der Waals surface area (Å²) in [5.74, 6) is 0.350. The molecule has 2 aromatic rings. The minimum atomic E-state index is -0.390. The summed E-state index contributed by atoms with van der Waals surface area (Å²) in [6, 6.07) is 10.7. The summed E-state index contributed by atoms with van der Waals surface area (Å²) >= 11 is 1.83. The largest absolute Gasteiger partial charge is 0.340 e. The number of hydrogen-bond donors (Lipinski definition) is 0. The minimum Gasteiger partial charge on any atom is -0.340 e. The second-order valence-electron chi connectivity index (χ2n) is 10.4. The van der Waals surface area contributed by atoms with Gasteiger partial charge in [-0.3, -0.25) is 14.5 Å². The first-order valence-electron chi connectivity index (χ1n) is 12.1. The van der Waals surface area contributed by atoms with E-state index in [9.17, 15) is 9.59 Å². The lowest BCUT2D eigenvalue weighted by molar-refractivity contribution is -0.140. The van der Waals surface area contributed by atoms with Crippen LogP contribution in [0.5, 0.6) is 0 Å². The molecule has 0 aliphatic carbocycles. The standard InChI is InChI=1S/C27H37N3O2S/c1-19-9-6-7-10-21(19)24-22-12-18-33-23(22)11-15-30(24)20(2)25(31)28-13-8-14-29(17-16-28)26(32)27(3,4)5/h6-7,9-10,12,18,20,24H,8,11,13-17H2,1-5H3/t20-,24+/m0/s1. The summed E-state index contributed by atoms with van der Waals surface area (Å²) in [5, 5.41) is 2.18. The van der Waals surface area contributed by atoms with Crippen LogP contribution < -0.4 is 0 Å². The first-order chi connectivity index (χ1) is 15.7. The average Bonchev–Trinajstić information content (AvgIpc) is 3.13. The number of benzene rings is 1. The van der Waals surface area contributed by atoms with E-state index in [1.165, 1.54) is 21.6 Å². The van der Waals surface area contributed by atoms with Crippen molar-refractivity contribution in [3.05, 3.63) is 57.3 Å². The zero-order valence-corrected chi connectivity index (χ0v) is 21.5. The number of aryl methyl sites for hydroxylation is 1. The van der Waals surface area contributed by atoms with Gasteiger partial charge in [0.25, 0.3) is 0 Å². The molecule has 0 N–H and O–H groups in total. The SMILES string of the molecule is Cc1ccccc1[C@@H]1c2ccsc2CCN1[C@@H](C)C(=O)N1CCCN(C(=O)C(C)(C)C)CC1. The van der Waals surface area contributed by atoms with Crippen molar-refractivity contribution < 1.29 is 9.59 Å². The number of thiophene rings is 1. The fourth-order valence-corrected chi connectivity index (χ4v) is 6.12. The van der Waals surface area contributed by atoms with Crippen molar-refractivity contribution in [2.75, 3.05) is 32.7 Å². The molecule has 2 aliphatic heterocycles. The Morgan fingerprint density at radius 3 is 2.39 bits per heavy atom. The maximum Gasteiger partial charge on any atom is 0.239 e. The van der Waals surface area contributed by atoms with Crippen LogP contribution in [0.2, 0.25) is 0 Å². The third-order valence-corrected chi connectivity index (χ3v) is 8.07. The van der Waals surface area contributed by atoms with E-state index in [0.717, 1.165) is 25.9 Å². The Labute approximate surface area is 202 Å². The maximum absolute atomic E-state index is 13.7. The molecule has 2 amide bonds. The van der Waals surface area contributed by atoms with Gasteiger partial charge in [0.05, 0.1) is 12.1 Å². The summed E-state index contributed by atoms with van der Waals surface area (Å²) < 4.78 is 0. The van der Waals surface area contributed by atoms with Gasteiger partial charge < -0.3 is 9.80 Å². The van der Waals surface area contributed by atoms with E-state index in [4.69, 9.17) is 0 Å². The molecule has 1 saturated heterocycles. The number of hydrogen-bond acceptors (Lipinski definition) is 4. The Balaban J connectivity index is 1.54. The Hall–Kier alpha value is -2.18. The van der Waals surface area contributed by atoms with Crippen LogP contribution in [0.25, 0.3) is 0 Å². The van der Waals surface area contributed by atoms with Crippen LogP contribution in [0.3, 0.4) is 0 Å². The highest BCUT2D eigenvalue weighted by molar-refractivity contribution is 7.10. The summed E-state index contributed by atoms with van der Waals surface area (Å²) in [6.07, 6.45) is 1.82. The molecule has 0 radical (unpaired) electrons. The van der Waals surface area contributed by atoms with E-state index in [0.29, 0.717) is 19.6 Å².